The van der Waals surface area contributed by atoms with Gasteiger partial charge in [0.1, 0.15) is 5.75 Å². The van der Waals surface area contributed by atoms with Crippen molar-refractivity contribution in [3.8, 4) is 5.75 Å². The molecule has 4 rings (SSSR count). The minimum absolute atomic E-state index is 0.134. The fraction of sp³-hybridized carbons (Fsp3) is 0.619. The van der Waals surface area contributed by atoms with Crippen LogP contribution in [0.3, 0.4) is 0 Å². The van der Waals surface area contributed by atoms with Crippen LogP contribution in [0.2, 0.25) is 0 Å². The summed E-state index contributed by atoms with van der Waals surface area (Å²) in [7, 11) is 0. The van der Waals surface area contributed by atoms with Gasteiger partial charge in [0.15, 0.2) is 0 Å². The van der Waals surface area contributed by atoms with E-state index in [4.69, 9.17) is 4.74 Å². The third-order valence-corrected chi connectivity index (χ3v) is 6.45. The van der Waals surface area contributed by atoms with Gasteiger partial charge in [0, 0.05) is 18.2 Å². The maximum atomic E-state index is 12.3. The zero-order valence-corrected chi connectivity index (χ0v) is 15.3. The number of nitrogens with one attached hydrogen (secondary N) is 2. The van der Waals surface area contributed by atoms with Crippen molar-refractivity contribution >= 4 is 17.5 Å². The monoisotopic (exact) mass is 356 g/mol. The zero-order valence-electron chi connectivity index (χ0n) is 15.3. The minimum Gasteiger partial charge on any atom is -0.493 e. The topological polar surface area (TPSA) is 67.4 Å². The zero-order chi connectivity index (χ0) is 18.0. The predicted octanol–water partition coefficient (Wildman–Crippen LogP) is 3.57. The first-order valence-corrected chi connectivity index (χ1v) is 10.0. The van der Waals surface area contributed by atoms with Crippen LogP contribution in [0.1, 0.15) is 63.4 Å². The summed E-state index contributed by atoms with van der Waals surface area (Å²) in [6.07, 6.45) is 12.0. The van der Waals surface area contributed by atoms with E-state index in [-0.39, 0.29) is 6.04 Å². The van der Waals surface area contributed by atoms with Crippen LogP contribution in [0.4, 0.5) is 5.69 Å². The van der Waals surface area contributed by atoms with E-state index < -0.39 is 11.8 Å². The number of hydrogen-bond acceptors (Lipinski definition) is 3. The third kappa shape index (κ3) is 3.71. The van der Waals surface area contributed by atoms with Gasteiger partial charge in [-0.1, -0.05) is 19.3 Å². The van der Waals surface area contributed by atoms with E-state index in [1.54, 1.807) is 6.07 Å². The molecule has 5 nitrogen and oxygen atoms in total. The van der Waals surface area contributed by atoms with E-state index in [2.05, 4.69) is 10.6 Å². The van der Waals surface area contributed by atoms with Gasteiger partial charge in [-0.2, -0.15) is 0 Å². The molecule has 0 unspecified atom stereocenters. The van der Waals surface area contributed by atoms with Crippen LogP contribution in [-0.4, -0.2) is 24.5 Å². The van der Waals surface area contributed by atoms with Crippen molar-refractivity contribution in [2.75, 3.05) is 11.9 Å². The Morgan fingerprint density at radius 2 is 1.77 bits per heavy atom. The van der Waals surface area contributed by atoms with Gasteiger partial charge >= 0.3 is 11.8 Å². The number of benzene rings is 1. The van der Waals surface area contributed by atoms with E-state index in [1.165, 1.54) is 44.9 Å². The van der Waals surface area contributed by atoms with Gasteiger partial charge in [0.05, 0.1) is 6.61 Å². The normalized spacial score (nSPS) is 21.7. The summed E-state index contributed by atoms with van der Waals surface area (Å²) in [5.41, 5.74) is 2.25. The average Bonchev–Trinajstić information content (AvgIpc) is 3.12. The molecule has 0 atom stereocenters. The van der Waals surface area contributed by atoms with Gasteiger partial charge in [0.25, 0.3) is 0 Å². The molecule has 1 spiro atoms. The van der Waals surface area contributed by atoms with Crippen LogP contribution in [0.5, 0.6) is 5.75 Å². The second-order valence-electron chi connectivity index (χ2n) is 8.18. The summed E-state index contributed by atoms with van der Waals surface area (Å²) in [4.78, 5) is 24.5. The number of fused-ring (bicyclic) bond motifs is 1. The molecule has 0 aromatic heterocycles. The van der Waals surface area contributed by atoms with Crippen LogP contribution in [0.25, 0.3) is 0 Å². The molecule has 2 amide bonds. The van der Waals surface area contributed by atoms with E-state index in [9.17, 15) is 9.59 Å². The molecule has 2 saturated carbocycles. The highest BCUT2D eigenvalue weighted by Crippen LogP contribution is 2.47. The molecule has 0 bridgehead atoms. The standard InChI is InChI=1S/C21H28N2O3/c24-19(20(25)23-17-4-5-18-15(14-17)8-13-26-18)22-16-6-11-21(12-7-16)9-2-1-3-10-21/h4-5,14,16H,1-3,6-13H2,(H,22,24)(H,23,25). The second-order valence-corrected chi connectivity index (χ2v) is 8.18. The van der Waals surface area contributed by atoms with Crippen LogP contribution in [0.15, 0.2) is 18.2 Å². The van der Waals surface area contributed by atoms with Crippen LogP contribution >= 0.6 is 0 Å². The van der Waals surface area contributed by atoms with E-state index >= 15 is 0 Å². The number of ether oxygens (including phenoxy) is 1. The van der Waals surface area contributed by atoms with Gasteiger partial charge in [-0.15, -0.1) is 0 Å². The molecule has 5 heteroatoms. The first-order chi connectivity index (χ1) is 12.6. The maximum absolute atomic E-state index is 12.3. The van der Waals surface area contributed by atoms with Crippen molar-refractivity contribution in [3.05, 3.63) is 23.8 Å². The highest BCUT2D eigenvalue weighted by atomic mass is 16.5. The second kappa shape index (κ2) is 7.29. The average molecular weight is 356 g/mol. The molecule has 0 saturated heterocycles. The number of carbonyl (C=O) groups is 2. The number of anilines is 1. The Kier molecular flexibility index (Phi) is 4.88. The number of carbonyl (C=O) groups excluding carboxylic acids is 2. The van der Waals surface area contributed by atoms with Crippen molar-refractivity contribution in [1.29, 1.82) is 0 Å². The lowest BCUT2D eigenvalue weighted by molar-refractivity contribution is -0.136. The van der Waals surface area contributed by atoms with Crippen LogP contribution in [-0.2, 0) is 16.0 Å². The fourth-order valence-corrected chi connectivity index (χ4v) is 4.88. The third-order valence-electron chi connectivity index (χ3n) is 6.45. The molecule has 2 aliphatic carbocycles. The first kappa shape index (κ1) is 17.4. The lowest BCUT2D eigenvalue weighted by Gasteiger charge is -2.43. The van der Waals surface area contributed by atoms with Crippen molar-refractivity contribution in [1.82, 2.24) is 5.32 Å². The fourth-order valence-electron chi connectivity index (χ4n) is 4.88. The van der Waals surface area contributed by atoms with E-state index in [0.29, 0.717) is 17.7 Å². The molecule has 1 aliphatic heterocycles. The minimum atomic E-state index is -0.582. The molecule has 140 valence electrons. The van der Waals surface area contributed by atoms with Gasteiger partial charge in [-0.3, -0.25) is 9.59 Å². The number of amides is 2. The molecule has 2 N–H and O–H groups in total. The number of hydrogen-bond donors (Lipinski definition) is 2. The Morgan fingerprint density at radius 1 is 1.00 bits per heavy atom. The largest absolute Gasteiger partial charge is 0.493 e. The highest BCUT2D eigenvalue weighted by Gasteiger charge is 2.36. The Morgan fingerprint density at radius 3 is 2.54 bits per heavy atom. The molecule has 0 radical (unpaired) electrons. The van der Waals surface area contributed by atoms with E-state index in [1.807, 2.05) is 12.1 Å². The molecule has 1 aromatic rings. The van der Waals surface area contributed by atoms with Gasteiger partial charge in [0.2, 0.25) is 0 Å². The van der Waals surface area contributed by atoms with Crippen LogP contribution < -0.4 is 15.4 Å². The Balaban J connectivity index is 1.27. The summed E-state index contributed by atoms with van der Waals surface area (Å²) in [5.74, 6) is -0.237. The maximum Gasteiger partial charge on any atom is 0.313 e. The highest BCUT2D eigenvalue weighted by molar-refractivity contribution is 6.39. The van der Waals surface area contributed by atoms with E-state index in [0.717, 1.165) is 30.6 Å². The summed E-state index contributed by atoms with van der Waals surface area (Å²) < 4.78 is 5.46. The molecule has 1 aromatic carbocycles. The Labute approximate surface area is 154 Å². The molecular weight excluding hydrogens is 328 g/mol. The molecule has 1 heterocycles. The van der Waals surface area contributed by atoms with Gasteiger partial charge in [-0.05, 0) is 67.7 Å². The van der Waals surface area contributed by atoms with Crippen molar-refractivity contribution in [2.24, 2.45) is 5.41 Å². The smallest absolute Gasteiger partial charge is 0.313 e. The van der Waals surface area contributed by atoms with Crippen molar-refractivity contribution in [2.45, 2.75) is 70.3 Å². The Hall–Kier alpha value is -2.04. The number of rotatable bonds is 2. The van der Waals surface area contributed by atoms with Crippen molar-refractivity contribution < 1.29 is 14.3 Å². The first-order valence-electron chi connectivity index (χ1n) is 10.0. The van der Waals surface area contributed by atoms with Gasteiger partial charge < -0.3 is 15.4 Å². The van der Waals surface area contributed by atoms with Crippen LogP contribution in [0, 0.1) is 5.41 Å². The summed E-state index contributed by atoms with van der Waals surface area (Å²) in [5, 5.41) is 5.65. The SMILES string of the molecule is O=C(Nc1ccc2c(c1)CCO2)C(=O)NC1CCC2(CCCCC2)CC1. The quantitative estimate of drug-likeness (QED) is 0.796. The van der Waals surface area contributed by atoms with Gasteiger partial charge in [-0.25, -0.2) is 0 Å². The predicted molar refractivity (Wildman–Crippen MR) is 100 cm³/mol. The lowest BCUT2D eigenvalue weighted by atomic mass is 9.64. The lowest BCUT2D eigenvalue weighted by Crippen LogP contribution is -2.45. The summed E-state index contributed by atoms with van der Waals surface area (Å²) in [6, 6.07) is 5.65. The molecule has 3 aliphatic rings. The molecular formula is C21H28N2O3. The molecule has 26 heavy (non-hydrogen) atoms. The van der Waals surface area contributed by atoms with Crippen molar-refractivity contribution in [3.63, 3.8) is 0 Å². The Bertz CT molecular complexity index is 684. The summed E-state index contributed by atoms with van der Waals surface area (Å²) in [6.45, 7) is 0.677. The molecule has 2 fully saturated rings. The summed E-state index contributed by atoms with van der Waals surface area (Å²) >= 11 is 0.